The minimum absolute atomic E-state index is 0.168. The molecule has 3 nitrogen and oxygen atoms in total. The van der Waals surface area contributed by atoms with Gasteiger partial charge in [0.05, 0.1) is 17.8 Å². The summed E-state index contributed by atoms with van der Waals surface area (Å²) in [4.78, 5) is 16.8. The van der Waals surface area contributed by atoms with Crippen molar-refractivity contribution in [3.05, 3.63) is 59.7 Å². The standard InChI is InChI=1S/C18H20N2O/c1-14-6-5-7-15(12-14)13-18(21)20-11-10-19(2)16-8-3-4-9-17(16)20/h3-9,12H,10-11,13H2,1-2H3. The quantitative estimate of drug-likeness (QED) is 0.844. The van der Waals surface area contributed by atoms with E-state index in [2.05, 4.69) is 37.1 Å². The first-order valence-electron chi connectivity index (χ1n) is 7.31. The highest BCUT2D eigenvalue weighted by Gasteiger charge is 2.24. The summed E-state index contributed by atoms with van der Waals surface area (Å²) >= 11 is 0. The Labute approximate surface area is 125 Å². The van der Waals surface area contributed by atoms with Crippen molar-refractivity contribution in [2.75, 3.05) is 29.9 Å². The number of amides is 1. The lowest BCUT2D eigenvalue weighted by atomic mass is 10.1. The van der Waals surface area contributed by atoms with E-state index in [0.29, 0.717) is 6.42 Å². The van der Waals surface area contributed by atoms with Crippen LogP contribution in [0.25, 0.3) is 0 Å². The number of para-hydroxylation sites is 2. The van der Waals surface area contributed by atoms with Gasteiger partial charge in [-0.3, -0.25) is 4.79 Å². The summed E-state index contributed by atoms with van der Waals surface area (Å²) in [5, 5.41) is 0. The zero-order chi connectivity index (χ0) is 14.8. The van der Waals surface area contributed by atoms with E-state index in [4.69, 9.17) is 0 Å². The number of anilines is 2. The Bertz CT molecular complexity index is 666. The molecule has 3 rings (SSSR count). The van der Waals surface area contributed by atoms with Gasteiger partial charge >= 0.3 is 0 Å². The number of carbonyl (C=O) groups is 1. The molecule has 0 saturated heterocycles. The number of fused-ring (bicyclic) bond motifs is 1. The van der Waals surface area contributed by atoms with Gasteiger partial charge in [-0.05, 0) is 24.6 Å². The third kappa shape index (κ3) is 2.77. The van der Waals surface area contributed by atoms with Gasteiger partial charge in [-0.2, -0.15) is 0 Å². The summed E-state index contributed by atoms with van der Waals surface area (Å²) in [6.45, 7) is 3.67. The number of likely N-dealkylation sites (N-methyl/N-ethyl adjacent to an activating group) is 1. The highest BCUT2D eigenvalue weighted by molar-refractivity contribution is 5.98. The third-order valence-electron chi connectivity index (χ3n) is 3.98. The molecule has 1 amide bonds. The van der Waals surface area contributed by atoms with Crippen LogP contribution in [0.2, 0.25) is 0 Å². The highest BCUT2D eigenvalue weighted by Crippen LogP contribution is 2.32. The average molecular weight is 280 g/mol. The topological polar surface area (TPSA) is 23.6 Å². The molecular formula is C18H20N2O. The zero-order valence-corrected chi connectivity index (χ0v) is 12.5. The molecule has 0 aromatic heterocycles. The van der Waals surface area contributed by atoms with Crippen LogP contribution in [0.5, 0.6) is 0 Å². The van der Waals surface area contributed by atoms with Crippen molar-refractivity contribution in [2.45, 2.75) is 13.3 Å². The van der Waals surface area contributed by atoms with Crippen LogP contribution < -0.4 is 9.80 Å². The second kappa shape index (κ2) is 5.60. The molecule has 3 heteroatoms. The lowest BCUT2D eigenvalue weighted by Crippen LogP contribution is -2.43. The largest absolute Gasteiger partial charge is 0.371 e. The number of hydrogen-bond donors (Lipinski definition) is 0. The maximum absolute atomic E-state index is 12.7. The fraction of sp³-hybridized carbons (Fsp3) is 0.278. The van der Waals surface area contributed by atoms with Crippen molar-refractivity contribution in [3.63, 3.8) is 0 Å². The minimum Gasteiger partial charge on any atom is -0.371 e. The van der Waals surface area contributed by atoms with Gasteiger partial charge in [-0.25, -0.2) is 0 Å². The molecule has 0 spiro atoms. The Kier molecular flexibility index (Phi) is 3.65. The van der Waals surface area contributed by atoms with E-state index < -0.39 is 0 Å². The Morgan fingerprint density at radius 2 is 1.81 bits per heavy atom. The Hall–Kier alpha value is -2.29. The van der Waals surface area contributed by atoms with E-state index in [1.54, 1.807) is 0 Å². The normalized spacial score (nSPS) is 14.0. The van der Waals surface area contributed by atoms with Crippen molar-refractivity contribution >= 4 is 17.3 Å². The third-order valence-corrected chi connectivity index (χ3v) is 3.98. The van der Waals surface area contributed by atoms with Crippen LogP contribution in [0.3, 0.4) is 0 Å². The molecule has 0 fully saturated rings. The van der Waals surface area contributed by atoms with E-state index in [0.717, 1.165) is 30.0 Å². The molecule has 2 aromatic rings. The number of aryl methyl sites for hydroxylation is 1. The molecule has 0 N–H and O–H groups in total. The Morgan fingerprint density at radius 1 is 1.05 bits per heavy atom. The van der Waals surface area contributed by atoms with Crippen molar-refractivity contribution in [1.82, 2.24) is 0 Å². The van der Waals surface area contributed by atoms with Gasteiger partial charge in [0.15, 0.2) is 0 Å². The van der Waals surface area contributed by atoms with E-state index in [1.165, 1.54) is 5.56 Å². The van der Waals surface area contributed by atoms with Crippen LogP contribution in [0, 0.1) is 6.92 Å². The molecule has 0 aliphatic carbocycles. The van der Waals surface area contributed by atoms with Gasteiger partial charge in [-0.1, -0.05) is 42.0 Å². The Morgan fingerprint density at radius 3 is 2.57 bits per heavy atom. The zero-order valence-electron chi connectivity index (χ0n) is 12.5. The molecule has 108 valence electrons. The van der Waals surface area contributed by atoms with Crippen LogP contribution in [0.1, 0.15) is 11.1 Å². The molecule has 1 aliphatic heterocycles. The SMILES string of the molecule is Cc1cccc(CC(=O)N2CCN(C)c3ccccc32)c1. The van der Waals surface area contributed by atoms with E-state index in [-0.39, 0.29) is 5.91 Å². The van der Waals surface area contributed by atoms with E-state index in [1.807, 2.05) is 35.2 Å². The lowest BCUT2D eigenvalue weighted by Gasteiger charge is -2.35. The van der Waals surface area contributed by atoms with Gasteiger partial charge in [0.1, 0.15) is 0 Å². The molecule has 0 bridgehead atoms. The summed E-state index contributed by atoms with van der Waals surface area (Å²) in [5.41, 5.74) is 4.42. The summed E-state index contributed by atoms with van der Waals surface area (Å²) in [6, 6.07) is 16.3. The van der Waals surface area contributed by atoms with E-state index in [9.17, 15) is 4.79 Å². The van der Waals surface area contributed by atoms with Crippen LogP contribution in [0.15, 0.2) is 48.5 Å². The summed E-state index contributed by atoms with van der Waals surface area (Å²) in [6.07, 6.45) is 0.458. The first kappa shape index (κ1) is 13.7. The Balaban J connectivity index is 1.84. The number of rotatable bonds is 2. The molecule has 1 aliphatic rings. The smallest absolute Gasteiger partial charge is 0.231 e. The van der Waals surface area contributed by atoms with Crippen LogP contribution in [-0.2, 0) is 11.2 Å². The van der Waals surface area contributed by atoms with Gasteiger partial charge in [-0.15, -0.1) is 0 Å². The van der Waals surface area contributed by atoms with Gasteiger partial charge in [0.2, 0.25) is 5.91 Å². The van der Waals surface area contributed by atoms with Crippen LogP contribution >= 0.6 is 0 Å². The van der Waals surface area contributed by atoms with E-state index >= 15 is 0 Å². The van der Waals surface area contributed by atoms with Crippen molar-refractivity contribution in [3.8, 4) is 0 Å². The fourth-order valence-corrected chi connectivity index (χ4v) is 2.86. The van der Waals surface area contributed by atoms with Crippen LogP contribution in [0.4, 0.5) is 11.4 Å². The van der Waals surface area contributed by atoms with Gasteiger partial charge < -0.3 is 9.80 Å². The maximum Gasteiger partial charge on any atom is 0.231 e. The van der Waals surface area contributed by atoms with Crippen LogP contribution in [-0.4, -0.2) is 26.0 Å². The summed E-state index contributed by atoms with van der Waals surface area (Å²) in [5.74, 6) is 0.168. The van der Waals surface area contributed by atoms with Crippen molar-refractivity contribution < 1.29 is 4.79 Å². The molecule has 21 heavy (non-hydrogen) atoms. The molecule has 0 radical (unpaired) electrons. The highest BCUT2D eigenvalue weighted by atomic mass is 16.2. The summed E-state index contributed by atoms with van der Waals surface area (Å²) < 4.78 is 0. The monoisotopic (exact) mass is 280 g/mol. The second-order valence-electron chi connectivity index (χ2n) is 5.62. The first-order valence-corrected chi connectivity index (χ1v) is 7.31. The first-order chi connectivity index (χ1) is 10.1. The number of benzene rings is 2. The van der Waals surface area contributed by atoms with Crippen molar-refractivity contribution in [1.29, 1.82) is 0 Å². The summed E-state index contributed by atoms with van der Waals surface area (Å²) in [7, 11) is 2.07. The predicted molar refractivity (Wildman–Crippen MR) is 86.9 cm³/mol. The minimum atomic E-state index is 0.168. The van der Waals surface area contributed by atoms with Gasteiger partial charge in [0.25, 0.3) is 0 Å². The van der Waals surface area contributed by atoms with Crippen molar-refractivity contribution in [2.24, 2.45) is 0 Å². The number of hydrogen-bond acceptors (Lipinski definition) is 2. The predicted octanol–water partition coefficient (Wildman–Crippen LogP) is 3.02. The number of carbonyl (C=O) groups excluding carboxylic acids is 1. The molecule has 0 saturated carbocycles. The fourth-order valence-electron chi connectivity index (χ4n) is 2.86. The molecular weight excluding hydrogens is 260 g/mol. The maximum atomic E-state index is 12.7. The molecule has 0 unspecified atom stereocenters. The number of nitrogens with zero attached hydrogens (tertiary/aromatic N) is 2. The molecule has 0 atom stereocenters. The molecule has 1 heterocycles. The lowest BCUT2D eigenvalue weighted by molar-refractivity contribution is -0.118. The average Bonchev–Trinajstić information content (AvgIpc) is 2.48. The second-order valence-corrected chi connectivity index (χ2v) is 5.62. The molecule has 2 aromatic carbocycles. The van der Waals surface area contributed by atoms with Gasteiger partial charge in [0, 0.05) is 20.1 Å².